The van der Waals surface area contributed by atoms with Crippen molar-refractivity contribution in [3.8, 4) is 5.75 Å². The van der Waals surface area contributed by atoms with Crippen LogP contribution in [-0.4, -0.2) is 50.8 Å². The van der Waals surface area contributed by atoms with E-state index in [9.17, 15) is 0 Å². The van der Waals surface area contributed by atoms with E-state index < -0.39 is 0 Å². The van der Waals surface area contributed by atoms with Crippen LogP contribution in [0.5, 0.6) is 5.75 Å². The first kappa shape index (κ1) is 21.0. The Labute approximate surface area is 162 Å². The third kappa shape index (κ3) is 6.84. The number of nitrogens with zero attached hydrogens (tertiary/aromatic N) is 2. The number of benzene rings is 1. The summed E-state index contributed by atoms with van der Waals surface area (Å²) in [5.41, 5.74) is 1.23. The maximum Gasteiger partial charge on any atom is 0.193 e. The summed E-state index contributed by atoms with van der Waals surface area (Å²) in [6, 6.07) is 8.23. The van der Waals surface area contributed by atoms with Crippen LogP contribution in [0.2, 0.25) is 0 Å². The first-order chi connectivity index (χ1) is 11.2. The average Bonchev–Trinajstić information content (AvgIpc) is 3.07. The number of guanidine groups is 1. The molecule has 1 aliphatic heterocycles. The van der Waals surface area contributed by atoms with Crippen molar-refractivity contribution in [1.82, 2.24) is 10.2 Å². The number of rotatable bonds is 7. The van der Waals surface area contributed by atoms with Gasteiger partial charge in [0.2, 0.25) is 0 Å². The third-order valence-corrected chi connectivity index (χ3v) is 4.00. The molecule has 1 aliphatic rings. The summed E-state index contributed by atoms with van der Waals surface area (Å²) in [6.45, 7) is 5.31. The van der Waals surface area contributed by atoms with E-state index in [1.165, 1.54) is 18.4 Å². The van der Waals surface area contributed by atoms with Gasteiger partial charge in [0.15, 0.2) is 5.96 Å². The molecule has 1 atom stereocenters. The minimum atomic E-state index is 0. The molecule has 1 unspecified atom stereocenters. The van der Waals surface area contributed by atoms with E-state index in [0.29, 0.717) is 12.7 Å². The van der Waals surface area contributed by atoms with Gasteiger partial charge in [0.05, 0.1) is 12.7 Å². The zero-order chi connectivity index (χ0) is 16.5. The van der Waals surface area contributed by atoms with E-state index in [1.807, 2.05) is 26.1 Å². The fourth-order valence-electron chi connectivity index (χ4n) is 2.81. The predicted octanol–water partition coefficient (Wildman–Crippen LogP) is 3.28. The van der Waals surface area contributed by atoms with Gasteiger partial charge >= 0.3 is 0 Å². The first-order valence-corrected chi connectivity index (χ1v) is 8.48. The molecule has 2 rings (SSSR count). The molecule has 0 amide bonds. The second-order valence-corrected chi connectivity index (χ2v) is 5.83. The summed E-state index contributed by atoms with van der Waals surface area (Å²) in [5, 5.41) is 3.42. The molecule has 0 bridgehead atoms. The van der Waals surface area contributed by atoms with Crippen LogP contribution in [0.25, 0.3) is 0 Å². The number of halogens is 1. The number of hydrogen-bond acceptors (Lipinski definition) is 3. The topological polar surface area (TPSA) is 46.1 Å². The van der Waals surface area contributed by atoms with Gasteiger partial charge in [-0.05, 0) is 43.9 Å². The quantitative estimate of drug-likeness (QED) is 0.396. The molecule has 1 fully saturated rings. The van der Waals surface area contributed by atoms with Gasteiger partial charge in [0.1, 0.15) is 5.75 Å². The SMILES string of the molecule is CCOc1ccc(CN(C)C(=NC)NCCC2CCCO2)cc1.I. The van der Waals surface area contributed by atoms with E-state index >= 15 is 0 Å². The minimum absolute atomic E-state index is 0. The molecule has 136 valence electrons. The van der Waals surface area contributed by atoms with Crippen molar-refractivity contribution in [3.63, 3.8) is 0 Å². The standard InChI is InChI=1S/C18H29N3O2.HI/c1-4-22-17-9-7-15(8-10-17)14-21(3)18(19-2)20-12-11-16-6-5-13-23-16;/h7-10,16H,4-6,11-14H2,1-3H3,(H,19,20);1H. The summed E-state index contributed by atoms with van der Waals surface area (Å²) in [4.78, 5) is 6.49. The molecule has 0 aromatic heterocycles. The predicted molar refractivity (Wildman–Crippen MR) is 109 cm³/mol. The van der Waals surface area contributed by atoms with E-state index in [4.69, 9.17) is 9.47 Å². The first-order valence-electron chi connectivity index (χ1n) is 8.48. The molecule has 5 nitrogen and oxygen atoms in total. The highest BCUT2D eigenvalue weighted by Gasteiger charge is 2.15. The Bertz CT molecular complexity index is 488. The summed E-state index contributed by atoms with van der Waals surface area (Å²) in [7, 11) is 3.88. The maximum atomic E-state index is 5.65. The highest BCUT2D eigenvalue weighted by molar-refractivity contribution is 14.0. The monoisotopic (exact) mass is 447 g/mol. The zero-order valence-electron chi connectivity index (χ0n) is 15.0. The molecule has 0 spiro atoms. The van der Waals surface area contributed by atoms with Crippen molar-refractivity contribution in [2.24, 2.45) is 4.99 Å². The summed E-state index contributed by atoms with van der Waals surface area (Å²) in [6.07, 6.45) is 3.83. The van der Waals surface area contributed by atoms with Crippen LogP contribution in [0, 0.1) is 0 Å². The Morgan fingerprint density at radius 3 is 2.71 bits per heavy atom. The van der Waals surface area contributed by atoms with Gasteiger partial charge < -0.3 is 19.7 Å². The highest BCUT2D eigenvalue weighted by Crippen LogP contribution is 2.15. The van der Waals surface area contributed by atoms with E-state index in [-0.39, 0.29) is 24.0 Å². The molecule has 1 aromatic rings. The minimum Gasteiger partial charge on any atom is -0.494 e. The summed E-state index contributed by atoms with van der Waals surface area (Å²) >= 11 is 0. The molecule has 1 aromatic carbocycles. The van der Waals surface area contributed by atoms with E-state index in [1.54, 1.807) is 0 Å². The maximum absolute atomic E-state index is 5.65. The molecule has 1 N–H and O–H groups in total. The van der Waals surface area contributed by atoms with Crippen molar-refractivity contribution in [3.05, 3.63) is 29.8 Å². The number of ether oxygens (including phenoxy) is 2. The van der Waals surface area contributed by atoms with Crippen LogP contribution in [-0.2, 0) is 11.3 Å². The Balaban J connectivity index is 0.00000288. The van der Waals surface area contributed by atoms with Crippen LogP contribution >= 0.6 is 24.0 Å². The van der Waals surface area contributed by atoms with Crippen LogP contribution in [0.1, 0.15) is 31.7 Å². The van der Waals surface area contributed by atoms with Crippen molar-refractivity contribution < 1.29 is 9.47 Å². The van der Waals surface area contributed by atoms with E-state index in [2.05, 4.69) is 34.4 Å². The Morgan fingerprint density at radius 1 is 1.38 bits per heavy atom. The second-order valence-electron chi connectivity index (χ2n) is 5.83. The van der Waals surface area contributed by atoms with Gasteiger partial charge in [-0.15, -0.1) is 24.0 Å². The van der Waals surface area contributed by atoms with Gasteiger partial charge in [-0.2, -0.15) is 0 Å². The molecule has 0 radical (unpaired) electrons. The summed E-state index contributed by atoms with van der Waals surface area (Å²) in [5.74, 6) is 1.83. The fraction of sp³-hybridized carbons (Fsp3) is 0.611. The molecule has 24 heavy (non-hydrogen) atoms. The lowest BCUT2D eigenvalue weighted by Crippen LogP contribution is -2.39. The van der Waals surface area contributed by atoms with E-state index in [0.717, 1.165) is 37.8 Å². The van der Waals surface area contributed by atoms with Gasteiger partial charge in [0.25, 0.3) is 0 Å². The van der Waals surface area contributed by atoms with Crippen molar-refractivity contribution in [2.45, 2.75) is 38.8 Å². The number of aliphatic imine (C=N–C) groups is 1. The largest absolute Gasteiger partial charge is 0.494 e. The molecular formula is C18H30IN3O2. The molecular weight excluding hydrogens is 417 g/mol. The lowest BCUT2D eigenvalue weighted by Gasteiger charge is -2.23. The van der Waals surface area contributed by atoms with Crippen molar-refractivity contribution in [1.29, 1.82) is 0 Å². The average molecular weight is 447 g/mol. The van der Waals surface area contributed by atoms with Gasteiger partial charge in [-0.3, -0.25) is 4.99 Å². The van der Waals surface area contributed by atoms with Gasteiger partial charge in [0, 0.05) is 33.8 Å². The van der Waals surface area contributed by atoms with Crippen LogP contribution in [0.15, 0.2) is 29.3 Å². The smallest absolute Gasteiger partial charge is 0.193 e. The van der Waals surface area contributed by atoms with Gasteiger partial charge in [-0.1, -0.05) is 12.1 Å². The van der Waals surface area contributed by atoms with Crippen LogP contribution in [0.3, 0.4) is 0 Å². The fourth-order valence-corrected chi connectivity index (χ4v) is 2.81. The van der Waals surface area contributed by atoms with Crippen LogP contribution in [0.4, 0.5) is 0 Å². The highest BCUT2D eigenvalue weighted by atomic mass is 127. The Morgan fingerprint density at radius 2 is 2.12 bits per heavy atom. The van der Waals surface area contributed by atoms with Crippen LogP contribution < -0.4 is 10.1 Å². The Hall–Kier alpha value is -1.02. The zero-order valence-corrected chi connectivity index (χ0v) is 17.3. The number of hydrogen-bond donors (Lipinski definition) is 1. The third-order valence-electron chi connectivity index (χ3n) is 4.00. The van der Waals surface area contributed by atoms with Crippen molar-refractivity contribution in [2.75, 3.05) is 33.9 Å². The molecule has 0 saturated carbocycles. The second kappa shape index (κ2) is 11.5. The Kier molecular flexibility index (Phi) is 10.1. The number of nitrogens with one attached hydrogen (secondary N) is 1. The van der Waals surface area contributed by atoms with Gasteiger partial charge in [-0.25, -0.2) is 0 Å². The molecule has 1 saturated heterocycles. The molecule has 1 heterocycles. The lowest BCUT2D eigenvalue weighted by atomic mass is 10.2. The lowest BCUT2D eigenvalue weighted by molar-refractivity contribution is 0.105. The normalized spacial score (nSPS) is 17.3. The summed E-state index contributed by atoms with van der Waals surface area (Å²) < 4.78 is 11.1. The molecule has 0 aliphatic carbocycles. The molecule has 6 heteroatoms. The van der Waals surface area contributed by atoms with Crippen molar-refractivity contribution >= 4 is 29.9 Å².